The van der Waals surface area contributed by atoms with Gasteiger partial charge in [0.2, 0.25) is 0 Å². The molecular weight excluding hydrogens is 322 g/mol. The molecule has 0 spiro atoms. The molecule has 0 fully saturated rings. The Hall–Kier alpha value is -2.67. The second kappa shape index (κ2) is 9.58. The number of methoxy groups -OCH3 is 1. The molecule has 1 heterocycles. The van der Waals surface area contributed by atoms with Gasteiger partial charge in [-0.3, -0.25) is 14.3 Å². The molecule has 2 aromatic rings. The third-order valence-electron chi connectivity index (χ3n) is 3.76. The van der Waals surface area contributed by atoms with Gasteiger partial charge >= 0.3 is 5.97 Å². The molecule has 7 heteroatoms. The van der Waals surface area contributed by atoms with E-state index in [1.54, 1.807) is 24.1 Å². The van der Waals surface area contributed by atoms with Gasteiger partial charge in [-0.1, -0.05) is 30.3 Å². The van der Waals surface area contributed by atoms with Gasteiger partial charge in [0.15, 0.2) is 0 Å². The molecule has 2 rings (SSSR count). The lowest BCUT2D eigenvalue weighted by molar-refractivity contribution is -0.137. The minimum Gasteiger partial charge on any atom is -0.481 e. The SMILES string of the molecule is COCCn1ccc(C(=O)NC(CCC(=O)O)Cc2ccccc2)n1. The molecule has 1 unspecified atom stereocenters. The number of carbonyl (C=O) groups excluding carboxylic acids is 1. The number of amides is 1. The molecule has 0 saturated carbocycles. The first-order chi connectivity index (χ1) is 12.1. The number of carbonyl (C=O) groups is 2. The summed E-state index contributed by atoms with van der Waals surface area (Å²) in [5, 5.41) is 16.0. The highest BCUT2D eigenvalue weighted by Crippen LogP contribution is 2.09. The van der Waals surface area contributed by atoms with Gasteiger partial charge in [-0.05, 0) is 24.5 Å². The lowest BCUT2D eigenvalue weighted by Crippen LogP contribution is -2.37. The Bertz CT molecular complexity index is 685. The zero-order valence-electron chi connectivity index (χ0n) is 14.2. The average molecular weight is 345 g/mol. The van der Waals surface area contributed by atoms with Crippen LogP contribution in [0.2, 0.25) is 0 Å². The van der Waals surface area contributed by atoms with Crippen molar-refractivity contribution in [1.82, 2.24) is 15.1 Å². The predicted octanol–water partition coefficient (Wildman–Crippen LogP) is 1.74. The number of rotatable bonds is 10. The lowest BCUT2D eigenvalue weighted by Gasteiger charge is -2.17. The van der Waals surface area contributed by atoms with Crippen molar-refractivity contribution in [2.24, 2.45) is 0 Å². The smallest absolute Gasteiger partial charge is 0.303 e. The fourth-order valence-corrected chi connectivity index (χ4v) is 2.47. The van der Waals surface area contributed by atoms with Crippen molar-refractivity contribution in [3.8, 4) is 0 Å². The lowest BCUT2D eigenvalue weighted by atomic mass is 10.0. The number of hydrogen-bond donors (Lipinski definition) is 2. The van der Waals surface area contributed by atoms with Crippen molar-refractivity contribution >= 4 is 11.9 Å². The van der Waals surface area contributed by atoms with E-state index in [1.165, 1.54) is 0 Å². The number of hydrogen-bond acceptors (Lipinski definition) is 4. The van der Waals surface area contributed by atoms with E-state index in [9.17, 15) is 9.59 Å². The normalized spacial score (nSPS) is 11.9. The second-order valence-electron chi connectivity index (χ2n) is 5.75. The Morgan fingerprint density at radius 3 is 2.72 bits per heavy atom. The van der Waals surface area contributed by atoms with Gasteiger partial charge in [0.25, 0.3) is 5.91 Å². The van der Waals surface area contributed by atoms with Crippen LogP contribution in [0.1, 0.15) is 28.9 Å². The standard InChI is InChI=1S/C18H23N3O4/c1-25-12-11-21-10-9-16(20-21)18(24)19-15(7-8-17(22)23)13-14-5-3-2-4-6-14/h2-6,9-10,15H,7-8,11-13H2,1H3,(H,19,24)(H,22,23). The van der Waals surface area contributed by atoms with Crippen LogP contribution in [-0.4, -0.2) is 46.5 Å². The van der Waals surface area contributed by atoms with Crippen LogP contribution in [0.3, 0.4) is 0 Å². The number of carboxylic acids is 1. The summed E-state index contributed by atoms with van der Waals surface area (Å²) < 4.78 is 6.62. The van der Waals surface area contributed by atoms with Crippen LogP contribution in [0.4, 0.5) is 0 Å². The van der Waals surface area contributed by atoms with E-state index in [2.05, 4.69) is 10.4 Å². The first-order valence-corrected chi connectivity index (χ1v) is 8.17. The summed E-state index contributed by atoms with van der Waals surface area (Å²) in [6.45, 7) is 1.08. The molecule has 0 aliphatic heterocycles. The van der Waals surface area contributed by atoms with E-state index in [0.29, 0.717) is 31.7 Å². The van der Waals surface area contributed by atoms with Crippen LogP contribution in [0.25, 0.3) is 0 Å². The molecule has 0 aliphatic rings. The molecular formula is C18H23N3O4. The van der Waals surface area contributed by atoms with E-state index >= 15 is 0 Å². The van der Waals surface area contributed by atoms with Crippen molar-refractivity contribution < 1.29 is 19.4 Å². The average Bonchev–Trinajstić information content (AvgIpc) is 3.08. The minimum absolute atomic E-state index is 0.0000591. The van der Waals surface area contributed by atoms with Crippen LogP contribution >= 0.6 is 0 Å². The third kappa shape index (κ3) is 6.39. The molecule has 2 N–H and O–H groups in total. The first-order valence-electron chi connectivity index (χ1n) is 8.17. The summed E-state index contributed by atoms with van der Waals surface area (Å²) in [4.78, 5) is 23.3. The predicted molar refractivity (Wildman–Crippen MR) is 92.4 cm³/mol. The summed E-state index contributed by atoms with van der Waals surface area (Å²) >= 11 is 0. The van der Waals surface area contributed by atoms with Crippen LogP contribution in [0.15, 0.2) is 42.6 Å². The van der Waals surface area contributed by atoms with E-state index in [-0.39, 0.29) is 18.4 Å². The van der Waals surface area contributed by atoms with Crippen LogP contribution in [-0.2, 0) is 22.5 Å². The number of benzene rings is 1. The molecule has 0 saturated heterocycles. The largest absolute Gasteiger partial charge is 0.481 e. The molecule has 0 radical (unpaired) electrons. The number of nitrogens with zero attached hydrogens (tertiary/aromatic N) is 2. The van der Waals surface area contributed by atoms with E-state index < -0.39 is 5.97 Å². The van der Waals surface area contributed by atoms with Gasteiger partial charge in [0, 0.05) is 25.8 Å². The van der Waals surface area contributed by atoms with Crippen LogP contribution in [0.5, 0.6) is 0 Å². The molecule has 134 valence electrons. The highest BCUT2D eigenvalue weighted by molar-refractivity contribution is 5.92. The van der Waals surface area contributed by atoms with Gasteiger partial charge < -0.3 is 15.2 Å². The van der Waals surface area contributed by atoms with Crippen molar-refractivity contribution in [2.75, 3.05) is 13.7 Å². The minimum atomic E-state index is -0.879. The van der Waals surface area contributed by atoms with Gasteiger partial charge in [-0.15, -0.1) is 0 Å². The summed E-state index contributed by atoms with van der Waals surface area (Å²) in [6.07, 6.45) is 2.65. The van der Waals surface area contributed by atoms with Gasteiger partial charge in [-0.25, -0.2) is 0 Å². The Morgan fingerprint density at radius 2 is 2.04 bits per heavy atom. The van der Waals surface area contributed by atoms with Crippen molar-refractivity contribution in [3.63, 3.8) is 0 Å². The maximum Gasteiger partial charge on any atom is 0.303 e. The Balaban J connectivity index is 2.00. The first kappa shape index (κ1) is 18.7. The summed E-state index contributed by atoms with van der Waals surface area (Å²) in [5.41, 5.74) is 1.35. The van der Waals surface area contributed by atoms with Gasteiger partial charge in [-0.2, -0.15) is 5.10 Å². The molecule has 1 aromatic carbocycles. The number of ether oxygens (including phenoxy) is 1. The maximum absolute atomic E-state index is 12.4. The van der Waals surface area contributed by atoms with Crippen molar-refractivity contribution in [3.05, 3.63) is 53.9 Å². The van der Waals surface area contributed by atoms with Gasteiger partial charge in [0.1, 0.15) is 5.69 Å². The van der Waals surface area contributed by atoms with Crippen molar-refractivity contribution in [1.29, 1.82) is 0 Å². The van der Waals surface area contributed by atoms with E-state index in [4.69, 9.17) is 9.84 Å². The summed E-state index contributed by atoms with van der Waals surface area (Å²) in [6, 6.07) is 11.0. The highest BCUT2D eigenvalue weighted by atomic mass is 16.5. The second-order valence-corrected chi connectivity index (χ2v) is 5.75. The number of aliphatic carboxylic acids is 1. The molecule has 25 heavy (non-hydrogen) atoms. The van der Waals surface area contributed by atoms with Crippen LogP contribution in [0, 0.1) is 0 Å². The zero-order valence-corrected chi connectivity index (χ0v) is 14.2. The molecule has 0 bridgehead atoms. The molecule has 1 atom stereocenters. The fourth-order valence-electron chi connectivity index (χ4n) is 2.47. The maximum atomic E-state index is 12.4. The molecule has 1 aromatic heterocycles. The molecule has 0 aliphatic carbocycles. The monoisotopic (exact) mass is 345 g/mol. The third-order valence-corrected chi connectivity index (χ3v) is 3.76. The summed E-state index contributed by atoms with van der Waals surface area (Å²) in [5.74, 6) is -1.18. The number of nitrogens with one attached hydrogen (secondary N) is 1. The van der Waals surface area contributed by atoms with Crippen LogP contribution < -0.4 is 5.32 Å². The summed E-state index contributed by atoms with van der Waals surface area (Å²) in [7, 11) is 1.60. The van der Waals surface area contributed by atoms with E-state index in [1.807, 2.05) is 30.3 Å². The van der Waals surface area contributed by atoms with Gasteiger partial charge in [0.05, 0.1) is 13.2 Å². The highest BCUT2D eigenvalue weighted by Gasteiger charge is 2.17. The zero-order chi connectivity index (χ0) is 18.1. The fraction of sp³-hybridized carbons (Fsp3) is 0.389. The number of carboxylic acid groups (broad SMARTS) is 1. The quantitative estimate of drug-likeness (QED) is 0.684. The van der Waals surface area contributed by atoms with Crippen molar-refractivity contribution in [2.45, 2.75) is 31.8 Å². The Kier molecular flexibility index (Phi) is 7.16. The van der Waals surface area contributed by atoms with E-state index in [0.717, 1.165) is 5.56 Å². The topological polar surface area (TPSA) is 93.5 Å². The molecule has 1 amide bonds. The Morgan fingerprint density at radius 1 is 1.28 bits per heavy atom. The number of aromatic nitrogens is 2. The Labute approximate surface area is 146 Å². The molecule has 7 nitrogen and oxygen atoms in total.